The molecule has 0 bridgehead atoms. The van der Waals surface area contributed by atoms with Crippen LogP contribution in [0.25, 0.3) is 0 Å². The summed E-state index contributed by atoms with van der Waals surface area (Å²) in [5.74, 6) is 0.985. The number of aryl methyl sites for hydroxylation is 1. The number of benzene rings is 1. The molecule has 28 heavy (non-hydrogen) atoms. The Kier molecular flexibility index (Phi) is 6.22. The fourth-order valence-electron chi connectivity index (χ4n) is 4.20. The molecule has 2 aromatic rings. The summed E-state index contributed by atoms with van der Waals surface area (Å²) in [7, 11) is 0. The Balaban J connectivity index is 1.33. The lowest BCUT2D eigenvalue weighted by atomic mass is 10.1. The number of hydrogen-bond donors (Lipinski definition) is 2. The van der Waals surface area contributed by atoms with Gasteiger partial charge in [-0.15, -0.1) is 0 Å². The van der Waals surface area contributed by atoms with E-state index in [1.54, 1.807) is 4.90 Å². The van der Waals surface area contributed by atoms with E-state index in [1.807, 2.05) is 0 Å². The van der Waals surface area contributed by atoms with Gasteiger partial charge in [0.25, 0.3) is 0 Å². The van der Waals surface area contributed by atoms with E-state index in [2.05, 4.69) is 45.8 Å². The minimum Gasteiger partial charge on any atom is -0.349 e. The molecule has 6 nitrogen and oxygen atoms in total. The third kappa shape index (κ3) is 4.70. The number of anilines is 1. The van der Waals surface area contributed by atoms with Crippen molar-refractivity contribution >= 4 is 22.6 Å². The summed E-state index contributed by atoms with van der Waals surface area (Å²) in [6.07, 6.45) is 5.31. The van der Waals surface area contributed by atoms with Crippen LogP contribution in [0, 0.1) is 6.92 Å². The molecule has 4 rings (SSSR count). The molecule has 1 atom stereocenters. The van der Waals surface area contributed by atoms with Crippen LogP contribution in [-0.2, 0) is 11.2 Å². The number of carbonyl (C=O) groups is 1. The number of hydrogen-bond acceptors (Lipinski definition) is 5. The van der Waals surface area contributed by atoms with Crippen molar-refractivity contribution < 1.29 is 9.69 Å². The predicted octanol–water partition coefficient (Wildman–Crippen LogP) is 1.20. The Morgan fingerprint density at radius 3 is 2.82 bits per heavy atom. The molecular formula is C21H30N5OS+. The monoisotopic (exact) mass is 400 g/mol. The Bertz CT molecular complexity index is 784. The van der Waals surface area contributed by atoms with Crippen molar-refractivity contribution in [1.82, 2.24) is 14.7 Å². The summed E-state index contributed by atoms with van der Waals surface area (Å²) in [6, 6.07) is 8.39. The fraction of sp³-hybridized carbons (Fsp3) is 0.571. The van der Waals surface area contributed by atoms with Gasteiger partial charge < -0.3 is 15.1 Å². The summed E-state index contributed by atoms with van der Waals surface area (Å²) in [6.45, 7) is 7.29. The van der Waals surface area contributed by atoms with E-state index >= 15 is 0 Å². The van der Waals surface area contributed by atoms with Gasteiger partial charge in [-0.25, -0.2) is 4.98 Å². The zero-order chi connectivity index (χ0) is 19.3. The van der Waals surface area contributed by atoms with E-state index in [1.165, 1.54) is 48.6 Å². The SMILES string of the molecule is Cc1ccc(Cc2nsc(N3CCC[C@@H]3C(=O)NCC[NH+]3CCCC3)n2)cc1. The Morgan fingerprint density at radius 1 is 1.25 bits per heavy atom. The molecule has 0 radical (unpaired) electrons. The molecule has 1 amide bonds. The second-order valence-electron chi connectivity index (χ2n) is 8.01. The highest BCUT2D eigenvalue weighted by Gasteiger charge is 2.33. The normalized spacial score (nSPS) is 20.0. The number of amides is 1. The van der Waals surface area contributed by atoms with E-state index in [-0.39, 0.29) is 11.9 Å². The van der Waals surface area contributed by atoms with Crippen molar-refractivity contribution in [3.05, 3.63) is 41.2 Å². The first-order valence-corrected chi connectivity index (χ1v) is 11.2. The molecular weight excluding hydrogens is 370 g/mol. The van der Waals surface area contributed by atoms with E-state index in [9.17, 15) is 4.79 Å². The van der Waals surface area contributed by atoms with Crippen molar-refractivity contribution in [3.8, 4) is 0 Å². The molecule has 1 aromatic heterocycles. The average molecular weight is 401 g/mol. The van der Waals surface area contributed by atoms with Crippen LogP contribution in [0.15, 0.2) is 24.3 Å². The van der Waals surface area contributed by atoms with Crippen LogP contribution in [0.4, 0.5) is 5.13 Å². The van der Waals surface area contributed by atoms with Gasteiger partial charge in [0.1, 0.15) is 11.9 Å². The maximum Gasteiger partial charge on any atom is 0.242 e. The molecule has 0 aliphatic carbocycles. The number of nitrogens with zero attached hydrogens (tertiary/aromatic N) is 3. The van der Waals surface area contributed by atoms with Crippen molar-refractivity contribution in [2.24, 2.45) is 0 Å². The summed E-state index contributed by atoms with van der Waals surface area (Å²) in [5.41, 5.74) is 2.48. The first-order chi connectivity index (χ1) is 13.7. The molecule has 150 valence electrons. The Morgan fingerprint density at radius 2 is 2.04 bits per heavy atom. The number of nitrogens with one attached hydrogen (secondary N) is 2. The molecule has 0 saturated carbocycles. The lowest BCUT2D eigenvalue weighted by molar-refractivity contribution is -0.886. The molecule has 0 spiro atoms. The number of likely N-dealkylation sites (tertiary alicyclic amines) is 1. The molecule has 3 heterocycles. The molecule has 2 saturated heterocycles. The topological polar surface area (TPSA) is 62.6 Å². The lowest BCUT2D eigenvalue weighted by Gasteiger charge is -2.23. The maximum absolute atomic E-state index is 12.7. The Labute approximate surface area is 171 Å². The highest BCUT2D eigenvalue weighted by atomic mass is 32.1. The second-order valence-corrected chi connectivity index (χ2v) is 8.74. The van der Waals surface area contributed by atoms with Crippen LogP contribution >= 0.6 is 11.5 Å². The average Bonchev–Trinajstić information content (AvgIpc) is 3.45. The highest BCUT2D eigenvalue weighted by molar-refractivity contribution is 7.09. The fourth-order valence-corrected chi connectivity index (χ4v) is 4.96. The quantitative estimate of drug-likeness (QED) is 0.733. The zero-order valence-corrected chi connectivity index (χ0v) is 17.4. The smallest absolute Gasteiger partial charge is 0.242 e. The van der Waals surface area contributed by atoms with Gasteiger partial charge in [-0.3, -0.25) is 4.79 Å². The van der Waals surface area contributed by atoms with Gasteiger partial charge in [0.05, 0.1) is 26.2 Å². The second kappa shape index (κ2) is 9.01. The number of aromatic nitrogens is 2. The minimum absolute atomic E-state index is 0.103. The number of quaternary nitrogens is 1. The first kappa shape index (κ1) is 19.3. The van der Waals surface area contributed by atoms with E-state index in [0.717, 1.165) is 49.9 Å². The first-order valence-electron chi connectivity index (χ1n) is 10.4. The van der Waals surface area contributed by atoms with Crippen LogP contribution in [-0.4, -0.2) is 54.0 Å². The molecule has 2 N–H and O–H groups in total. The van der Waals surface area contributed by atoms with Crippen molar-refractivity contribution in [1.29, 1.82) is 0 Å². The van der Waals surface area contributed by atoms with Gasteiger partial charge in [-0.05, 0) is 25.3 Å². The maximum atomic E-state index is 12.7. The number of carbonyl (C=O) groups excluding carboxylic acids is 1. The molecule has 2 aliphatic heterocycles. The molecule has 1 aromatic carbocycles. The minimum atomic E-state index is -0.103. The molecule has 7 heteroatoms. The van der Waals surface area contributed by atoms with Crippen molar-refractivity contribution in [2.75, 3.05) is 37.6 Å². The van der Waals surface area contributed by atoms with E-state index < -0.39 is 0 Å². The largest absolute Gasteiger partial charge is 0.349 e. The van der Waals surface area contributed by atoms with E-state index in [0.29, 0.717) is 0 Å². The van der Waals surface area contributed by atoms with Crippen LogP contribution < -0.4 is 15.1 Å². The molecule has 2 fully saturated rings. The third-order valence-electron chi connectivity index (χ3n) is 5.83. The Hall–Kier alpha value is -1.99. The van der Waals surface area contributed by atoms with E-state index in [4.69, 9.17) is 4.98 Å². The molecule has 0 unspecified atom stereocenters. The standard InChI is InChI=1S/C21H29N5OS/c1-16-6-8-17(9-7-16)15-19-23-21(28-24-19)26-13-4-5-18(26)20(27)22-10-14-25-11-2-3-12-25/h6-9,18H,2-5,10-15H2,1H3,(H,22,27)/p+1/t18-/m1/s1. The summed E-state index contributed by atoms with van der Waals surface area (Å²) < 4.78 is 4.54. The van der Waals surface area contributed by atoms with Gasteiger partial charge in [0.2, 0.25) is 11.0 Å². The zero-order valence-electron chi connectivity index (χ0n) is 16.6. The predicted molar refractivity (Wildman–Crippen MR) is 112 cm³/mol. The van der Waals surface area contributed by atoms with Gasteiger partial charge in [-0.1, -0.05) is 29.8 Å². The van der Waals surface area contributed by atoms with Crippen LogP contribution in [0.5, 0.6) is 0 Å². The summed E-state index contributed by atoms with van der Waals surface area (Å²) in [5, 5.41) is 4.04. The third-order valence-corrected chi connectivity index (χ3v) is 6.62. The van der Waals surface area contributed by atoms with Gasteiger partial charge in [-0.2, -0.15) is 4.37 Å². The summed E-state index contributed by atoms with van der Waals surface area (Å²) in [4.78, 5) is 21.2. The van der Waals surface area contributed by atoms with Gasteiger partial charge >= 0.3 is 0 Å². The van der Waals surface area contributed by atoms with Gasteiger partial charge in [0.15, 0.2) is 0 Å². The highest BCUT2D eigenvalue weighted by Crippen LogP contribution is 2.27. The van der Waals surface area contributed by atoms with Crippen molar-refractivity contribution in [2.45, 2.75) is 45.1 Å². The van der Waals surface area contributed by atoms with Crippen LogP contribution in [0.2, 0.25) is 0 Å². The van der Waals surface area contributed by atoms with Crippen molar-refractivity contribution in [3.63, 3.8) is 0 Å². The lowest BCUT2D eigenvalue weighted by Crippen LogP contribution is -3.10. The van der Waals surface area contributed by atoms with Crippen LogP contribution in [0.3, 0.4) is 0 Å². The number of rotatable bonds is 7. The van der Waals surface area contributed by atoms with Crippen LogP contribution in [0.1, 0.15) is 42.6 Å². The molecule has 2 aliphatic rings. The van der Waals surface area contributed by atoms with Gasteiger partial charge in [0, 0.05) is 37.3 Å². The summed E-state index contributed by atoms with van der Waals surface area (Å²) >= 11 is 1.42.